The van der Waals surface area contributed by atoms with Gasteiger partial charge in [-0.2, -0.15) is 0 Å². The Morgan fingerprint density at radius 2 is 1.75 bits per heavy atom. The van der Waals surface area contributed by atoms with E-state index in [1.807, 2.05) is 0 Å². The van der Waals surface area contributed by atoms with Gasteiger partial charge < -0.3 is 16.0 Å². The molecular formula is C15H35IN4. The number of hydrogen-bond acceptors (Lipinski definition) is 2. The smallest absolute Gasteiger partial charge is 0.188 e. The summed E-state index contributed by atoms with van der Waals surface area (Å²) in [5.41, 5.74) is 5.90. The maximum atomic E-state index is 5.90. The van der Waals surface area contributed by atoms with E-state index < -0.39 is 0 Å². The van der Waals surface area contributed by atoms with Gasteiger partial charge in [-0.25, -0.2) is 0 Å². The van der Waals surface area contributed by atoms with E-state index >= 15 is 0 Å². The molecule has 0 fully saturated rings. The molecule has 0 saturated carbocycles. The van der Waals surface area contributed by atoms with Gasteiger partial charge in [0.05, 0.1) is 6.54 Å². The van der Waals surface area contributed by atoms with Crippen LogP contribution in [-0.2, 0) is 0 Å². The van der Waals surface area contributed by atoms with Crippen LogP contribution in [-0.4, -0.2) is 43.1 Å². The van der Waals surface area contributed by atoms with Gasteiger partial charge in [-0.1, -0.05) is 40.5 Å². The average Bonchev–Trinajstić information content (AvgIpc) is 2.34. The molecule has 0 aromatic rings. The fourth-order valence-electron chi connectivity index (χ4n) is 2.05. The molecule has 0 bridgehead atoms. The summed E-state index contributed by atoms with van der Waals surface area (Å²) in [4.78, 5) is 6.73. The lowest BCUT2D eigenvalue weighted by molar-refractivity contribution is 0.313. The monoisotopic (exact) mass is 398 g/mol. The number of aliphatic imine (C=N–C) groups is 1. The molecule has 0 radical (unpaired) electrons. The van der Waals surface area contributed by atoms with Crippen LogP contribution in [0, 0.1) is 5.92 Å². The van der Waals surface area contributed by atoms with Crippen molar-refractivity contribution in [3.8, 4) is 0 Å². The molecule has 0 aliphatic carbocycles. The molecule has 0 rings (SSSR count). The second-order valence-electron chi connectivity index (χ2n) is 5.66. The van der Waals surface area contributed by atoms with Gasteiger partial charge in [0.15, 0.2) is 5.96 Å². The summed E-state index contributed by atoms with van der Waals surface area (Å²) in [5.74, 6) is 1.37. The lowest BCUT2D eigenvalue weighted by Crippen LogP contribution is -2.39. The van der Waals surface area contributed by atoms with Crippen LogP contribution in [0.15, 0.2) is 4.99 Å². The predicted octanol–water partition coefficient (Wildman–Crippen LogP) is 3.07. The quantitative estimate of drug-likeness (QED) is 0.338. The topological polar surface area (TPSA) is 53.6 Å². The first-order chi connectivity index (χ1) is 8.99. The van der Waals surface area contributed by atoms with Gasteiger partial charge in [-0.15, -0.1) is 24.0 Å². The highest BCUT2D eigenvalue weighted by atomic mass is 127. The van der Waals surface area contributed by atoms with Crippen molar-refractivity contribution in [3.63, 3.8) is 0 Å². The fraction of sp³-hybridized carbons (Fsp3) is 0.933. The van der Waals surface area contributed by atoms with Gasteiger partial charge in [-0.3, -0.25) is 4.99 Å². The molecule has 3 N–H and O–H groups in total. The largest absolute Gasteiger partial charge is 0.370 e. The zero-order chi connectivity index (χ0) is 14.7. The van der Waals surface area contributed by atoms with Crippen molar-refractivity contribution in [2.75, 3.05) is 26.2 Å². The molecule has 20 heavy (non-hydrogen) atoms. The minimum Gasteiger partial charge on any atom is -0.370 e. The molecule has 122 valence electrons. The highest BCUT2D eigenvalue weighted by Crippen LogP contribution is 2.07. The van der Waals surface area contributed by atoms with E-state index in [2.05, 4.69) is 49.8 Å². The number of nitrogens with one attached hydrogen (secondary N) is 1. The lowest BCUT2D eigenvalue weighted by atomic mass is 10.0. The van der Waals surface area contributed by atoms with Gasteiger partial charge >= 0.3 is 0 Å². The predicted molar refractivity (Wildman–Crippen MR) is 101 cm³/mol. The summed E-state index contributed by atoms with van der Waals surface area (Å²) in [5, 5.41) is 3.27. The minimum absolute atomic E-state index is 0. The van der Waals surface area contributed by atoms with Crippen molar-refractivity contribution >= 4 is 29.9 Å². The molecular weight excluding hydrogens is 363 g/mol. The summed E-state index contributed by atoms with van der Waals surface area (Å²) in [6, 6.07) is 0.413. The van der Waals surface area contributed by atoms with E-state index in [9.17, 15) is 0 Å². The van der Waals surface area contributed by atoms with E-state index in [0.29, 0.717) is 12.0 Å². The van der Waals surface area contributed by atoms with Crippen molar-refractivity contribution in [2.24, 2.45) is 16.6 Å². The molecule has 0 aromatic carbocycles. The van der Waals surface area contributed by atoms with Crippen molar-refractivity contribution < 1.29 is 0 Å². The molecule has 0 aromatic heterocycles. The lowest BCUT2D eigenvalue weighted by Gasteiger charge is -2.17. The standard InChI is InChI=1S/C15H34N4.HI/c1-6-19(7-2)12-11-17-15(16)18-14(5)10-8-9-13(3)4;/h13-14H,6-12H2,1-5H3,(H3,16,17,18);1H. The Labute approximate surface area is 143 Å². The third-order valence-electron chi connectivity index (χ3n) is 3.41. The third kappa shape index (κ3) is 13.0. The Morgan fingerprint density at radius 3 is 2.25 bits per heavy atom. The zero-order valence-electron chi connectivity index (χ0n) is 14.0. The normalized spacial score (nSPS) is 13.4. The average molecular weight is 398 g/mol. The van der Waals surface area contributed by atoms with Gasteiger partial charge in [0, 0.05) is 12.6 Å². The van der Waals surface area contributed by atoms with Crippen LogP contribution < -0.4 is 11.1 Å². The minimum atomic E-state index is 0. The Kier molecular flexibility index (Phi) is 15.5. The van der Waals surface area contributed by atoms with E-state index in [1.54, 1.807) is 0 Å². The van der Waals surface area contributed by atoms with Gasteiger partial charge in [0.25, 0.3) is 0 Å². The van der Waals surface area contributed by atoms with Gasteiger partial charge in [0.2, 0.25) is 0 Å². The Morgan fingerprint density at radius 1 is 1.15 bits per heavy atom. The Hall–Kier alpha value is -0.0400. The first kappa shape index (κ1) is 22.2. The maximum absolute atomic E-state index is 5.90. The highest BCUT2D eigenvalue weighted by molar-refractivity contribution is 14.0. The van der Waals surface area contributed by atoms with E-state index in [0.717, 1.165) is 38.5 Å². The molecule has 1 atom stereocenters. The van der Waals surface area contributed by atoms with Crippen molar-refractivity contribution in [1.29, 1.82) is 0 Å². The molecule has 0 saturated heterocycles. The van der Waals surface area contributed by atoms with E-state index in [1.165, 1.54) is 12.8 Å². The summed E-state index contributed by atoms with van der Waals surface area (Å²) in [6.07, 6.45) is 3.69. The number of hydrogen-bond donors (Lipinski definition) is 2. The molecule has 0 spiro atoms. The summed E-state index contributed by atoms with van der Waals surface area (Å²) < 4.78 is 0. The molecule has 0 heterocycles. The van der Waals surface area contributed by atoms with Gasteiger partial charge in [-0.05, 0) is 32.4 Å². The van der Waals surface area contributed by atoms with Crippen LogP contribution in [0.5, 0.6) is 0 Å². The SMILES string of the molecule is CCN(CC)CCN=C(N)NC(C)CCCC(C)C.I. The first-order valence-corrected chi connectivity index (χ1v) is 7.78. The van der Waals surface area contributed by atoms with Gasteiger partial charge in [0.1, 0.15) is 0 Å². The van der Waals surface area contributed by atoms with Crippen LogP contribution in [0.4, 0.5) is 0 Å². The van der Waals surface area contributed by atoms with Crippen LogP contribution >= 0.6 is 24.0 Å². The van der Waals surface area contributed by atoms with E-state index in [4.69, 9.17) is 5.73 Å². The number of halogens is 1. The first-order valence-electron chi connectivity index (χ1n) is 7.78. The fourth-order valence-corrected chi connectivity index (χ4v) is 2.05. The number of nitrogens with zero attached hydrogens (tertiary/aromatic N) is 2. The maximum Gasteiger partial charge on any atom is 0.188 e. The molecule has 0 amide bonds. The van der Waals surface area contributed by atoms with Crippen LogP contribution in [0.1, 0.15) is 53.9 Å². The summed E-state index contributed by atoms with van der Waals surface area (Å²) in [6.45, 7) is 15.0. The number of guanidine groups is 1. The number of nitrogens with two attached hydrogens (primary N) is 1. The second-order valence-corrected chi connectivity index (χ2v) is 5.66. The van der Waals surface area contributed by atoms with Crippen molar-refractivity contribution in [1.82, 2.24) is 10.2 Å². The number of likely N-dealkylation sites (N-methyl/N-ethyl adjacent to an activating group) is 1. The molecule has 0 aliphatic heterocycles. The summed E-state index contributed by atoms with van der Waals surface area (Å²) in [7, 11) is 0. The molecule has 0 aliphatic rings. The summed E-state index contributed by atoms with van der Waals surface area (Å²) >= 11 is 0. The third-order valence-corrected chi connectivity index (χ3v) is 3.41. The van der Waals surface area contributed by atoms with Crippen molar-refractivity contribution in [3.05, 3.63) is 0 Å². The molecule has 4 nitrogen and oxygen atoms in total. The van der Waals surface area contributed by atoms with Crippen LogP contribution in [0.3, 0.4) is 0 Å². The van der Waals surface area contributed by atoms with Crippen LogP contribution in [0.2, 0.25) is 0 Å². The molecule has 5 heteroatoms. The Bertz CT molecular complexity index is 240. The number of rotatable bonds is 10. The Balaban J connectivity index is 0. The van der Waals surface area contributed by atoms with Crippen LogP contribution in [0.25, 0.3) is 0 Å². The zero-order valence-corrected chi connectivity index (χ0v) is 16.3. The second kappa shape index (κ2) is 13.9. The highest BCUT2D eigenvalue weighted by Gasteiger charge is 2.04. The molecule has 1 unspecified atom stereocenters. The van der Waals surface area contributed by atoms with E-state index in [-0.39, 0.29) is 24.0 Å². The van der Waals surface area contributed by atoms with Crippen molar-refractivity contribution in [2.45, 2.75) is 59.9 Å².